The first kappa shape index (κ1) is 23.6. The number of amides is 1. The zero-order chi connectivity index (χ0) is 17.6. The van der Waals surface area contributed by atoms with Crippen molar-refractivity contribution in [1.82, 2.24) is 10.2 Å². The summed E-state index contributed by atoms with van der Waals surface area (Å²) >= 11 is 0. The van der Waals surface area contributed by atoms with Crippen LogP contribution < -0.4 is 20.1 Å². The summed E-state index contributed by atoms with van der Waals surface area (Å²) in [4.78, 5) is 14.5. The molecule has 2 aliphatic heterocycles. The molecule has 3 rings (SSSR count). The number of carbonyl (C=O) groups excluding carboxylic acids is 1. The highest BCUT2D eigenvalue weighted by atomic mass is 35.5. The molecular formula is C18H29Cl2N3O4. The van der Waals surface area contributed by atoms with Crippen LogP contribution in [0.3, 0.4) is 0 Å². The minimum absolute atomic E-state index is 0. The lowest BCUT2D eigenvalue weighted by atomic mass is 10.0. The Labute approximate surface area is 172 Å². The quantitative estimate of drug-likeness (QED) is 0.756. The molecule has 0 radical (unpaired) electrons. The first-order valence-electron chi connectivity index (χ1n) is 8.79. The van der Waals surface area contributed by atoms with Gasteiger partial charge >= 0.3 is 0 Å². The van der Waals surface area contributed by atoms with Gasteiger partial charge in [0.25, 0.3) is 0 Å². The van der Waals surface area contributed by atoms with Gasteiger partial charge in [0, 0.05) is 49.6 Å². The fourth-order valence-electron chi connectivity index (χ4n) is 3.32. The minimum atomic E-state index is -0.194. The van der Waals surface area contributed by atoms with Crippen molar-refractivity contribution in [3.63, 3.8) is 0 Å². The molecule has 0 saturated carbocycles. The smallest absolute Gasteiger partial charge is 0.242 e. The third kappa shape index (κ3) is 6.31. The van der Waals surface area contributed by atoms with Gasteiger partial charge in [-0.05, 0) is 12.8 Å². The molecule has 0 bridgehead atoms. The second kappa shape index (κ2) is 11.4. The summed E-state index contributed by atoms with van der Waals surface area (Å²) < 4.78 is 16.0. The van der Waals surface area contributed by atoms with Crippen LogP contribution >= 0.6 is 24.8 Å². The molecule has 1 unspecified atom stereocenters. The highest BCUT2D eigenvalue weighted by molar-refractivity contribution is 5.85. The molecule has 7 nitrogen and oxygen atoms in total. The number of anilines is 1. The predicted molar refractivity (Wildman–Crippen MR) is 110 cm³/mol. The number of morpholine rings is 1. The van der Waals surface area contributed by atoms with Gasteiger partial charge in [-0.3, -0.25) is 4.79 Å². The molecule has 1 atom stereocenters. The molecule has 0 spiro atoms. The van der Waals surface area contributed by atoms with Crippen LogP contribution in [0, 0.1) is 0 Å². The SMILES string of the molecule is COc1cc(NC2CCN(C(=O)C3COCCN3)CC2)cc(OC)c1.Cl.Cl. The molecular weight excluding hydrogens is 393 g/mol. The number of rotatable bonds is 5. The van der Waals surface area contributed by atoms with E-state index in [0.717, 1.165) is 49.7 Å². The van der Waals surface area contributed by atoms with Crippen LogP contribution in [0.15, 0.2) is 18.2 Å². The zero-order valence-corrected chi connectivity index (χ0v) is 17.4. The number of ether oxygens (including phenoxy) is 3. The lowest BCUT2D eigenvalue weighted by Gasteiger charge is -2.36. The van der Waals surface area contributed by atoms with E-state index in [1.807, 2.05) is 23.1 Å². The predicted octanol–water partition coefficient (Wildman–Crippen LogP) is 1.94. The summed E-state index contributed by atoms with van der Waals surface area (Å²) in [6.45, 7) is 3.41. The maximum absolute atomic E-state index is 12.5. The topological polar surface area (TPSA) is 72.1 Å². The number of nitrogens with zero attached hydrogens (tertiary/aromatic N) is 1. The Bertz CT molecular complexity index is 570. The van der Waals surface area contributed by atoms with Gasteiger partial charge in [0.1, 0.15) is 17.5 Å². The second-order valence-corrected chi connectivity index (χ2v) is 6.43. The molecule has 2 aliphatic rings. The number of likely N-dealkylation sites (tertiary alicyclic amines) is 1. The van der Waals surface area contributed by atoms with Crippen molar-refractivity contribution in [1.29, 1.82) is 0 Å². The lowest BCUT2D eigenvalue weighted by molar-refractivity contribution is -0.137. The van der Waals surface area contributed by atoms with Gasteiger partial charge in [-0.25, -0.2) is 0 Å². The Morgan fingerprint density at radius 1 is 1.15 bits per heavy atom. The van der Waals surface area contributed by atoms with Crippen LogP contribution in [0.2, 0.25) is 0 Å². The molecule has 0 aromatic heterocycles. The maximum atomic E-state index is 12.5. The molecule has 2 heterocycles. The fraction of sp³-hybridized carbons (Fsp3) is 0.611. The van der Waals surface area contributed by atoms with E-state index in [2.05, 4.69) is 10.6 Å². The molecule has 2 fully saturated rings. The van der Waals surface area contributed by atoms with Crippen LogP contribution in [-0.2, 0) is 9.53 Å². The first-order valence-corrected chi connectivity index (χ1v) is 8.79. The number of nitrogens with one attached hydrogen (secondary N) is 2. The third-order valence-corrected chi connectivity index (χ3v) is 4.75. The zero-order valence-electron chi connectivity index (χ0n) is 15.7. The van der Waals surface area contributed by atoms with Crippen molar-refractivity contribution in [3.8, 4) is 11.5 Å². The summed E-state index contributed by atoms with van der Waals surface area (Å²) in [6.07, 6.45) is 1.83. The minimum Gasteiger partial charge on any atom is -0.497 e. The average molecular weight is 422 g/mol. The summed E-state index contributed by atoms with van der Waals surface area (Å²) in [7, 11) is 3.29. The van der Waals surface area contributed by atoms with E-state index in [4.69, 9.17) is 14.2 Å². The van der Waals surface area contributed by atoms with Crippen molar-refractivity contribution < 1.29 is 19.0 Å². The third-order valence-electron chi connectivity index (χ3n) is 4.75. The highest BCUT2D eigenvalue weighted by Crippen LogP contribution is 2.27. The Kier molecular flexibility index (Phi) is 10.0. The van der Waals surface area contributed by atoms with E-state index in [1.165, 1.54) is 0 Å². The number of piperidine rings is 1. The summed E-state index contributed by atoms with van der Waals surface area (Å²) in [5, 5.41) is 6.76. The maximum Gasteiger partial charge on any atom is 0.242 e. The van der Waals surface area contributed by atoms with Crippen molar-refractivity contribution in [2.75, 3.05) is 52.4 Å². The molecule has 1 aromatic carbocycles. The normalized spacial score (nSPS) is 20.1. The molecule has 0 aliphatic carbocycles. The number of halogens is 2. The van der Waals surface area contributed by atoms with Gasteiger partial charge in [0.2, 0.25) is 5.91 Å². The van der Waals surface area contributed by atoms with Crippen molar-refractivity contribution in [3.05, 3.63) is 18.2 Å². The highest BCUT2D eigenvalue weighted by Gasteiger charge is 2.29. The van der Waals surface area contributed by atoms with E-state index in [-0.39, 0.29) is 36.8 Å². The number of hydrogen-bond acceptors (Lipinski definition) is 6. The average Bonchev–Trinajstić information content (AvgIpc) is 2.68. The van der Waals surface area contributed by atoms with Gasteiger partial charge in [-0.15, -0.1) is 24.8 Å². The van der Waals surface area contributed by atoms with Gasteiger partial charge < -0.3 is 29.7 Å². The Morgan fingerprint density at radius 3 is 2.30 bits per heavy atom. The Balaban J connectivity index is 0.00000182. The van der Waals surface area contributed by atoms with E-state index in [9.17, 15) is 4.79 Å². The Morgan fingerprint density at radius 2 is 1.78 bits per heavy atom. The molecule has 2 saturated heterocycles. The van der Waals surface area contributed by atoms with E-state index >= 15 is 0 Å². The molecule has 1 amide bonds. The van der Waals surface area contributed by atoms with Crippen molar-refractivity contribution in [2.24, 2.45) is 0 Å². The van der Waals surface area contributed by atoms with Crippen LogP contribution in [0.4, 0.5) is 5.69 Å². The molecule has 154 valence electrons. The fourth-order valence-corrected chi connectivity index (χ4v) is 3.32. The van der Waals surface area contributed by atoms with Gasteiger partial charge in [0.05, 0.1) is 27.4 Å². The monoisotopic (exact) mass is 421 g/mol. The summed E-state index contributed by atoms with van der Waals surface area (Å²) in [5.41, 5.74) is 0.975. The van der Waals surface area contributed by atoms with Gasteiger partial charge in [-0.1, -0.05) is 0 Å². The number of benzene rings is 1. The second-order valence-electron chi connectivity index (χ2n) is 6.43. The van der Waals surface area contributed by atoms with E-state index in [0.29, 0.717) is 19.3 Å². The van der Waals surface area contributed by atoms with Crippen LogP contribution in [-0.4, -0.2) is 70.0 Å². The van der Waals surface area contributed by atoms with E-state index < -0.39 is 0 Å². The molecule has 9 heteroatoms. The molecule has 27 heavy (non-hydrogen) atoms. The standard InChI is InChI=1S/C18H27N3O4.2ClH/c1-23-15-9-14(10-16(11-15)24-2)20-13-3-6-21(7-4-13)18(22)17-12-25-8-5-19-17;;/h9-11,13,17,19-20H,3-8,12H2,1-2H3;2*1H. The van der Waals surface area contributed by atoms with E-state index in [1.54, 1.807) is 14.2 Å². The largest absolute Gasteiger partial charge is 0.497 e. The first-order chi connectivity index (χ1) is 12.2. The van der Waals surface area contributed by atoms with Gasteiger partial charge in [0.15, 0.2) is 0 Å². The summed E-state index contributed by atoms with van der Waals surface area (Å²) in [6, 6.07) is 5.91. The van der Waals surface area contributed by atoms with Crippen LogP contribution in [0.1, 0.15) is 12.8 Å². The van der Waals surface area contributed by atoms with Gasteiger partial charge in [-0.2, -0.15) is 0 Å². The van der Waals surface area contributed by atoms with Crippen molar-refractivity contribution >= 4 is 36.4 Å². The molecule has 1 aromatic rings. The number of carbonyl (C=O) groups is 1. The Hall–Kier alpha value is -1.41. The summed E-state index contributed by atoms with van der Waals surface area (Å²) in [5.74, 6) is 1.68. The number of methoxy groups -OCH3 is 2. The number of hydrogen-bond donors (Lipinski definition) is 2. The lowest BCUT2D eigenvalue weighted by Crippen LogP contribution is -2.54. The van der Waals surface area contributed by atoms with Crippen LogP contribution in [0.25, 0.3) is 0 Å². The van der Waals surface area contributed by atoms with Crippen LogP contribution in [0.5, 0.6) is 11.5 Å². The molecule has 2 N–H and O–H groups in total. The van der Waals surface area contributed by atoms with Crippen molar-refractivity contribution in [2.45, 2.75) is 24.9 Å².